The molecule has 3 nitrogen and oxygen atoms in total. The first kappa shape index (κ1) is 14.3. The Morgan fingerprint density at radius 2 is 1.90 bits per heavy atom. The highest BCUT2D eigenvalue weighted by Crippen LogP contribution is 2.29. The van der Waals surface area contributed by atoms with Crippen LogP contribution in [-0.2, 0) is 13.0 Å². The Kier molecular flexibility index (Phi) is 4.96. The standard InChI is InChI=1S/C16H18FNO2/c1-19-15-6-5-12(7-8-18)10-16(15)20-11-13-3-2-4-14(17)9-13/h2-6,9-10H,7-8,11,18H2,1H3. The third kappa shape index (κ3) is 3.71. The molecule has 0 unspecified atom stereocenters. The van der Waals surface area contributed by atoms with Gasteiger partial charge in [-0.25, -0.2) is 4.39 Å². The van der Waals surface area contributed by atoms with Gasteiger partial charge in [0.1, 0.15) is 12.4 Å². The molecule has 0 aromatic heterocycles. The van der Waals surface area contributed by atoms with Crippen LogP contribution in [-0.4, -0.2) is 13.7 Å². The molecule has 0 atom stereocenters. The zero-order chi connectivity index (χ0) is 14.4. The predicted molar refractivity (Wildman–Crippen MR) is 76.5 cm³/mol. The number of hydrogen-bond acceptors (Lipinski definition) is 3. The fourth-order valence-electron chi connectivity index (χ4n) is 1.94. The molecular formula is C16H18FNO2. The van der Waals surface area contributed by atoms with Crippen LogP contribution in [0.4, 0.5) is 4.39 Å². The zero-order valence-corrected chi connectivity index (χ0v) is 11.4. The molecule has 4 heteroatoms. The molecule has 2 rings (SSSR count). The third-order valence-corrected chi connectivity index (χ3v) is 2.94. The number of halogens is 1. The van der Waals surface area contributed by atoms with Crippen molar-refractivity contribution >= 4 is 0 Å². The van der Waals surface area contributed by atoms with Crippen LogP contribution in [0, 0.1) is 5.82 Å². The van der Waals surface area contributed by atoms with E-state index in [1.54, 1.807) is 13.2 Å². The van der Waals surface area contributed by atoms with E-state index in [0.29, 0.717) is 24.7 Å². The number of nitrogens with two attached hydrogens (primary N) is 1. The monoisotopic (exact) mass is 275 g/mol. The molecule has 0 aliphatic carbocycles. The third-order valence-electron chi connectivity index (χ3n) is 2.94. The molecule has 0 aliphatic heterocycles. The lowest BCUT2D eigenvalue weighted by Crippen LogP contribution is -2.04. The maximum atomic E-state index is 13.1. The van der Waals surface area contributed by atoms with E-state index in [1.807, 2.05) is 24.3 Å². The number of rotatable bonds is 6. The van der Waals surface area contributed by atoms with Crippen LogP contribution in [0.3, 0.4) is 0 Å². The molecule has 0 saturated carbocycles. The summed E-state index contributed by atoms with van der Waals surface area (Å²) < 4.78 is 24.1. The zero-order valence-electron chi connectivity index (χ0n) is 11.4. The second-order valence-electron chi connectivity index (χ2n) is 4.44. The average Bonchev–Trinajstić information content (AvgIpc) is 2.46. The molecule has 20 heavy (non-hydrogen) atoms. The molecule has 106 valence electrons. The van der Waals surface area contributed by atoms with E-state index < -0.39 is 0 Å². The Labute approximate surface area is 118 Å². The molecule has 0 spiro atoms. The van der Waals surface area contributed by atoms with Gasteiger partial charge in [-0.2, -0.15) is 0 Å². The summed E-state index contributed by atoms with van der Waals surface area (Å²) in [6, 6.07) is 12.1. The van der Waals surface area contributed by atoms with Crippen molar-refractivity contribution in [3.05, 3.63) is 59.4 Å². The first-order valence-electron chi connectivity index (χ1n) is 6.47. The van der Waals surface area contributed by atoms with E-state index >= 15 is 0 Å². The maximum Gasteiger partial charge on any atom is 0.161 e. The van der Waals surface area contributed by atoms with Crippen molar-refractivity contribution in [1.82, 2.24) is 0 Å². The minimum atomic E-state index is -0.269. The maximum absolute atomic E-state index is 13.1. The van der Waals surface area contributed by atoms with Crippen LogP contribution in [0.1, 0.15) is 11.1 Å². The van der Waals surface area contributed by atoms with Crippen LogP contribution in [0.25, 0.3) is 0 Å². The lowest BCUT2D eigenvalue weighted by molar-refractivity contribution is 0.283. The van der Waals surface area contributed by atoms with Gasteiger partial charge in [0, 0.05) is 0 Å². The van der Waals surface area contributed by atoms with Gasteiger partial charge in [0.2, 0.25) is 0 Å². The van der Waals surface area contributed by atoms with Gasteiger partial charge in [-0.1, -0.05) is 18.2 Å². The first-order valence-corrected chi connectivity index (χ1v) is 6.47. The van der Waals surface area contributed by atoms with Crippen molar-refractivity contribution in [1.29, 1.82) is 0 Å². The van der Waals surface area contributed by atoms with Gasteiger partial charge in [0.05, 0.1) is 7.11 Å². The molecule has 0 fully saturated rings. The van der Waals surface area contributed by atoms with Crippen LogP contribution < -0.4 is 15.2 Å². The molecular weight excluding hydrogens is 257 g/mol. The van der Waals surface area contributed by atoms with Crippen LogP contribution >= 0.6 is 0 Å². The van der Waals surface area contributed by atoms with Gasteiger partial charge in [0.25, 0.3) is 0 Å². The summed E-state index contributed by atoms with van der Waals surface area (Å²) in [4.78, 5) is 0. The smallest absolute Gasteiger partial charge is 0.161 e. The molecule has 0 amide bonds. The Morgan fingerprint density at radius 1 is 1.05 bits per heavy atom. The second-order valence-corrected chi connectivity index (χ2v) is 4.44. The van der Waals surface area contributed by atoms with Gasteiger partial charge < -0.3 is 15.2 Å². The van der Waals surface area contributed by atoms with E-state index in [1.165, 1.54) is 12.1 Å². The molecule has 0 saturated heterocycles. The lowest BCUT2D eigenvalue weighted by atomic mass is 10.1. The predicted octanol–water partition coefficient (Wildman–Crippen LogP) is 2.91. The summed E-state index contributed by atoms with van der Waals surface area (Å²) in [5.41, 5.74) is 7.41. The van der Waals surface area contributed by atoms with Crippen LogP contribution in [0.5, 0.6) is 11.5 Å². The number of benzene rings is 2. The molecule has 2 N–H and O–H groups in total. The van der Waals surface area contributed by atoms with Gasteiger partial charge in [-0.15, -0.1) is 0 Å². The van der Waals surface area contributed by atoms with Crippen molar-refractivity contribution in [2.75, 3.05) is 13.7 Å². The molecule has 0 radical (unpaired) electrons. The van der Waals surface area contributed by atoms with E-state index in [0.717, 1.165) is 17.5 Å². The summed E-state index contributed by atoms with van der Waals surface area (Å²) >= 11 is 0. The SMILES string of the molecule is COc1ccc(CCN)cc1OCc1cccc(F)c1. The van der Waals surface area contributed by atoms with Crippen molar-refractivity contribution < 1.29 is 13.9 Å². The van der Waals surface area contributed by atoms with E-state index in [4.69, 9.17) is 15.2 Å². The summed E-state index contributed by atoms with van der Waals surface area (Å²) in [5.74, 6) is 1.03. The fraction of sp³-hybridized carbons (Fsp3) is 0.250. The fourth-order valence-corrected chi connectivity index (χ4v) is 1.94. The normalized spacial score (nSPS) is 10.3. The van der Waals surface area contributed by atoms with Crippen molar-refractivity contribution in [2.45, 2.75) is 13.0 Å². The van der Waals surface area contributed by atoms with Gasteiger partial charge in [0.15, 0.2) is 11.5 Å². The molecule has 0 heterocycles. The van der Waals surface area contributed by atoms with E-state index in [-0.39, 0.29) is 5.82 Å². The number of methoxy groups -OCH3 is 1. The van der Waals surface area contributed by atoms with Crippen LogP contribution in [0.15, 0.2) is 42.5 Å². The highest BCUT2D eigenvalue weighted by molar-refractivity contribution is 5.43. The van der Waals surface area contributed by atoms with Gasteiger partial charge in [-0.05, 0) is 48.4 Å². The molecule has 0 aliphatic rings. The number of hydrogen-bond donors (Lipinski definition) is 1. The summed E-state index contributed by atoms with van der Waals surface area (Å²) in [7, 11) is 1.59. The largest absolute Gasteiger partial charge is 0.493 e. The minimum Gasteiger partial charge on any atom is -0.493 e. The molecule has 2 aromatic carbocycles. The van der Waals surface area contributed by atoms with Crippen molar-refractivity contribution in [3.63, 3.8) is 0 Å². The highest BCUT2D eigenvalue weighted by atomic mass is 19.1. The second kappa shape index (κ2) is 6.91. The minimum absolute atomic E-state index is 0.269. The van der Waals surface area contributed by atoms with E-state index in [9.17, 15) is 4.39 Å². The number of ether oxygens (including phenoxy) is 2. The Bertz CT molecular complexity index is 572. The average molecular weight is 275 g/mol. The molecule has 0 bridgehead atoms. The van der Waals surface area contributed by atoms with Crippen molar-refractivity contribution in [2.24, 2.45) is 5.73 Å². The summed E-state index contributed by atoms with van der Waals surface area (Å²) in [6.07, 6.45) is 0.778. The van der Waals surface area contributed by atoms with Gasteiger partial charge >= 0.3 is 0 Å². The first-order chi connectivity index (χ1) is 9.72. The molecule has 2 aromatic rings. The summed E-state index contributed by atoms with van der Waals surface area (Å²) in [5, 5.41) is 0. The van der Waals surface area contributed by atoms with Crippen molar-refractivity contribution in [3.8, 4) is 11.5 Å². The lowest BCUT2D eigenvalue weighted by Gasteiger charge is -2.12. The Balaban J connectivity index is 2.12. The highest BCUT2D eigenvalue weighted by Gasteiger charge is 2.06. The van der Waals surface area contributed by atoms with E-state index in [2.05, 4.69) is 0 Å². The Morgan fingerprint density at radius 3 is 2.60 bits per heavy atom. The Hall–Kier alpha value is -2.07. The van der Waals surface area contributed by atoms with Crippen LogP contribution in [0.2, 0.25) is 0 Å². The van der Waals surface area contributed by atoms with Gasteiger partial charge in [-0.3, -0.25) is 0 Å². The quantitative estimate of drug-likeness (QED) is 0.881. The summed E-state index contributed by atoms with van der Waals surface area (Å²) in [6.45, 7) is 0.871. The topological polar surface area (TPSA) is 44.5 Å².